The Morgan fingerprint density at radius 2 is 0.542 bits per heavy atom. The molecule has 0 N–H and O–H groups in total. The molecule has 0 amide bonds. The first kappa shape index (κ1) is 68.3. The quantitative estimate of drug-likeness (QED) is 0.0261. The van der Waals surface area contributed by atoms with E-state index in [-0.39, 0.29) is 31.1 Å². The molecule has 0 aliphatic carbocycles. The third-order valence-electron chi connectivity index (χ3n) is 12.8. The molecule has 0 aromatic carbocycles. The van der Waals surface area contributed by atoms with Crippen molar-refractivity contribution in [2.75, 3.05) is 13.2 Å². The molecule has 0 aliphatic heterocycles. The van der Waals surface area contributed by atoms with E-state index in [1.165, 1.54) is 135 Å². The Hall–Kier alpha value is -3.67. The number of carbonyl (C=O) groups excluding carboxylic acids is 3. The molecule has 72 heavy (non-hydrogen) atoms. The van der Waals surface area contributed by atoms with E-state index in [9.17, 15) is 14.4 Å². The number of hydrogen-bond acceptors (Lipinski definition) is 6. The molecule has 1 unspecified atom stereocenters. The van der Waals surface area contributed by atoms with E-state index in [1.807, 2.05) is 0 Å². The van der Waals surface area contributed by atoms with Crippen molar-refractivity contribution in [2.45, 2.75) is 290 Å². The van der Waals surface area contributed by atoms with Crippen LogP contribution >= 0.6 is 0 Å². The first-order chi connectivity index (χ1) is 35.5. The summed E-state index contributed by atoms with van der Waals surface area (Å²) in [6.45, 7) is 6.48. The lowest BCUT2D eigenvalue weighted by Crippen LogP contribution is -2.30. The summed E-state index contributed by atoms with van der Waals surface area (Å²) >= 11 is 0. The highest BCUT2D eigenvalue weighted by atomic mass is 16.6. The topological polar surface area (TPSA) is 78.9 Å². The predicted molar refractivity (Wildman–Crippen MR) is 311 cm³/mol. The van der Waals surface area contributed by atoms with E-state index in [4.69, 9.17) is 14.2 Å². The second-order valence-corrected chi connectivity index (χ2v) is 19.9. The average molecular weight is 1000 g/mol. The summed E-state index contributed by atoms with van der Waals surface area (Å²) in [6.07, 6.45) is 79.7. The highest BCUT2D eigenvalue weighted by molar-refractivity contribution is 5.71. The average Bonchev–Trinajstić information content (AvgIpc) is 3.38. The highest BCUT2D eigenvalue weighted by Crippen LogP contribution is 2.15. The SMILES string of the molecule is CC/C=C\C/C=C\C/C=C\C/C=C\C/C=C\CCCCCC(=O)OCC(COC(=O)CCCCCCCCC/C=C\CCCCCCCC)OC(=O)CCCCCCCCC/C=C\C/C=C\CCCCCC. The monoisotopic (exact) mass is 1000 g/mol. The third kappa shape index (κ3) is 57.2. The molecule has 6 heteroatoms. The van der Waals surface area contributed by atoms with Gasteiger partial charge in [-0.1, -0.05) is 240 Å². The van der Waals surface area contributed by atoms with Gasteiger partial charge in [0.2, 0.25) is 0 Å². The minimum atomic E-state index is -0.799. The molecular formula is C66H112O6. The maximum atomic E-state index is 12.9. The molecule has 0 aliphatic rings. The third-order valence-corrected chi connectivity index (χ3v) is 12.8. The number of rotatable bonds is 54. The molecule has 0 rings (SSSR count). The second-order valence-electron chi connectivity index (χ2n) is 19.9. The van der Waals surface area contributed by atoms with Gasteiger partial charge in [-0.3, -0.25) is 14.4 Å². The lowest BCUT2D eigenvalue weighted by molar-refractivity contribution is -0.167. The number of carbonyl (C=O) groups is 3. The number of esters is 3. The Balaban J connectivity index is 4.47. The van der Waals surface area contributed by atoms with Crippen LogP contribution in [0, 0.1) is 0 Å². The lowest BCUT2D eigenvalue weighted by Gasteiger charge is -2.18. The molecule has 412 valence electrons. The standard InChI is InChI=1S/C66H112O6/c1-4-7-10-13-16-19-22-25-28-31-33-36-38-41-44-47-50-53-56-59-65(68)71-62-63(61-70-64(67)58-55-52-49-46-43-40-37-34-30-27-24-21-18-15-12-9-6-3)72-66(69)60-57-54-51-48-45-42-39-35-32-29-26-23-20-17-14-11-8-5-2/h7,10,16,19-20,23,25,27-30,32-33,36,41,44,63H,4-6,8-9,11-15,17-18,21-22,24,26,31,34-35,37-40,42-43,45-62H2,1-3H3/b10-7-,19-16-,23-20-,28-25-,30-27-,32-29-,36-33-,44-41-. The Bertz CT molecular complexity index is 1430. The molecule has 0 spiro atoms. The zero-order chi connectivity index (χ0) is 52.2. The Morgan fingerprint density at radius 3 is 0.889 bits per heavy atom. The summed E-state index contributed by atoms with van der Waals surface area (Å²) in [5.41, 5.74) is 0. The Labute approximate surface area is 445 Å². The molecule has 0 heterocycles. The Kier molecular flexibility index (Phi) is 56.8. The summed E-state index contributed by atoms with van der Waals surface area (Å²) in [7, 11) is 0. The van der Waals surface area contributed by atoms with Crippen LogP contribution < -0.4 is 0 Å². The summed E-state index contributed by atoms with van der Waals surface area (Å²) in [6, 6.07) is 0. The van der Waals surface area contributed by atoms with Gasteiger partial charge >= 0.3 is 17.9 Å². The number of unbranched alkanes of at least 4 members (excludes halogenated alkanes) is 27. The fraction of sp³-hybridized carbons (Fsp3) is 0.712. The van der Waals surface area contributed by atoms with Gasteiger partial charge < -0.3 is 14.2 Å². The zero-order valence-corrected chi connectivity index (χ0v) is 47.2. The summed E-state index contributed by atoms with van der Waals surface area (Å²) in [5, 5.41) is 0. The molecule has 0 fully saturated rings. The second kappa shape index (κ2) is 59.9. The van der Waals surface area contributed by atoms with Crippen molar-refractivity contribution in [1.29, 1.82) is 0 Å². The molecule has 0 radical (unpaired) electrons. The van der Waals surface area contributed by atoms with Gasteiger partial charge in [-0.25, -0.2) is 0 Å². The fourth-order valence-electron chi connectivity index (χ4n) is 8.26. The van der Waals surface area contributed by atoms with Crippen LogP contribution in [0.25, 0.3) is 0 Å². The molecule has 6 nitrogen and oxygen atoms in total. The summed E-state index contributed by atoms with van der Waals surface area (Å²) in [5.74, 6) is -0.933. The first-order valence-corrected chi connectivity index (χ1v) is 30.2. The van der Waals surface area contributed by atoms with Crippen LogP contribution in [-0.4, -0.2) is 37.2 Å². The van der Waals surface area contributed by atoms with Crippen molar-refractivity contribution in [3.63, 3.8) is 0 Å². The minimum Gasteiger partial charge on any atom is -0.462 e. The number of allylic oxidation sites excluding steroid dienone is 16. The van der Waals surface area contributed by atoms with Gasteiger partial charge in [0, 0.05) is 19.3 Å². The first-order valence-electron chi connectivity index (χ1n) is 30.2. The maximum Gasteiger partial charge on any atom is 0.306 e. The molecule has 0 saturated carbocycles. The fourth-order valence-corrected chi connectivity index (χ4v) is 8.26. The Morgan fingerprint density at radius 1 is 0.292 bits per heavy atom. The smallest absolute Gasteiger partial charge is 0.306 e. The van der Waals surface area contributed by atoms with Crippen LogP contribution in [0.2, 0.25) is 0 Å². The van der Waals surface area contributed by atoms with E-state index < -0.39 is 6.10 Å². The van der Waals surface area contributed by atoms with E-state index >= 15 is 0 Å². The molecular weight excluding hydrogens is 889 g/mol. The molecule has 1 atom stereocenters. The van der Waals surface area contributed by atoms with E-state index in [0.29, 0.717) is 19.3 Å². The highest BCUT2D eigenvalue weighted by Gasteiger charge is 2.19. The van der Waals surface area contributed by atoms with Crippen molar-refractivity contribution in [3.05, 3.63) is 97.2 Å². The van der Waals surface area contributed by atoms with Crippen LogP contribution in [-0.2, 0) is 28.6 Å². The van der Waals surface area contributed by atoms with Crippen molar-refractivity contribution in [3.8, 4) is 0 Å². The molecule has 0 saturated heterocycles. The maximum absolute atomic E-state index is 12.9. The van der Waals surface area contributed by atoms with Gasteiger partial charge in [-0.2, -0.15) is 0 Å². The number of hydrogen-bond donors (Lipinski definition) is 0. The van der Waals surface area contributed by atoms with Crippen molar-refractivity contribution in [1.82, 2.24) is 0 Å². The van der Waals surface area contributed by atoms with Crippen LogP contribution in [0.5, 0.6) is 0 Å². The molecule has 0 bridgehead atoms. The minimum absolute atomic E-state index is 0.0937. The zero-order valence-electron chi connectivity index (χ0n) is 47.2. The van der Waals surface area contributed by atoms with Crippen LogP contribution in [0.1, 0.15) is 284 Å². The van der Waals surface area contributed by atoms with Gasteiger partial charge in [0.05, 0.1) is 0 Å². The van der Waals surface area contributed by atoms with E-state index in [2.05, 4.69) is 118 Å². The molecule has 0 aromatic rings. The van der Waals surface area contributed by atoms with Gasteiger partial charge in [-0.15, -0.1) is 0 Å². The van der Waals surface area contributed by atoms with Crippen molar-refractivity contribution in [2.24, 2.45) is 0 Å². The van der Waals surface area contributed by atoms with Crippen molar-refractivity contribution >= 4 is 17.9 Å². The summed E-state index contributed by atoms with van der Waals surface area (Å²) < 4.78 is 16.9. The van der Waals surface area contributed by atoms with Crippen LogP contribution in [0.3, 0.4) is 0 Å². The van der Waals surface area contributed by atoms with Gasteiger partial charge in [0.25, 0.3) is 0 Å². The van der Waals surface area contributed by atoms with Gasteiger partial charge in [0.1, 0.15) is 13.2 Å². The van der Waals surface area contributed by atoms with Gasteiger partial charge in [-0.05, 0) is 122 Å². The van der Waals surface area contributed by atoms with Crippen LogP contribution in [0.4, 0.5) is 0 Å². The normalized spacial score (nSPS) is 12.8. The summed E-state index contributed by atoms with van der Waals surface area (Å²) in [4.78, 5) is 38.3. The van der Waals surface area contributed by atoms with E-state index in [0.717, 1.165) is 109 Å². The van der Waals surface area contributed by atoms with E-state index in [1.54, 1.807) is 0 Å². The molecule has 0 aromatic heterocycles. The number of ether oxygens (including phenoxy) is 3. The van der Waals surface area contributed by atoms with Gasteiger partial charge in [0.15, 0.2) is 6.10 Å². The predicted octanol–water partition coefficient (Wildman–Crippen LogP) is 20.5. The lowest BCUT2D eigenvalue weighted by atomic mass is 10.1. The van der Waals surface area contributed by atoms with Crippen molar-refractivity contribution < 1.29 is 28.6 Å². The largest absolute Gasteiger partial charge is 0.462 e. The van der Waals surface area contributed by atoms with Crippen LogP contribution in [0.15, 0.2) is 97.2 Å².